The Balaban J connectivity index is 1.36. The molecule has 2 amide bonds. The normalized spacial score (nSPS) is 16.6. The molecule has 0 aromatic heterocycles. The fourth-order valence-electron chi connectivity index (χ4n) is 4.00. The Morgan fingerprint density at radius 1 is 1.09 bits per heavy atom. The summed E-state index contributed by atoms with van der Waals surface area (Å²) < 4.78 is 11.2. The Labute approximate surface area is 212 Å². The Morgan fingerprint density at radius 2 is 1.83 bits per heavy atom. The van der Waals surface area contributed by atoms with Gasteiger partial charge in [0, 0.05) is 9.92 Å². The van der Waals surface area contributed by atoms with Crippen LogP contribution in [0.15, 0.2) is 76.5 Å². The van der Waals surface area contributed by atoms with Crippen molar-refractivity contribution in [1.29, 1.82) is 0 Å². The molecule has 6 nitrogen and oxygen atoms in total. The maximum Gasteiger partial charge on any atom is 0.265 e. The number of ether oxygens (including phenoxy) is 2. The average Bonchev–Trinajstić information content (AvgIpc) is 2.87. The van der Waals surface area contributed by atoms with Crippen molar-refractivity contribution in [2.75, 3.05) is 24.7 Å². The van der Waals surface area contributed by atoms with Gasteiger partial charge >= 0.3 is 0 Å². The number of benzene rings is 3. The largest absolute Gasteiger partial charge is 0.486 e. The fourth-order valence-corrected chi connectivity index (χ4v) is 5.24. The molecule has 3 aromatic rings. The number of anilines is 1. The molecule has 0 saturated heterocycles. The van der Waals surface area contributed by atoms with Crippen molar-refractivity contribution < 1.29 is 19.1 Å². The van der Waals surface area contributed by atoms with Crippen LogP contribution in [0.1, 0.15) is 24.1 Å². The van der Waals surface area contributed by atoms with E-state index in [1.807, 2.05) is 67.6 Å². The maximum absolute atomic E-state index is 13.4. The molecule has 1 atom stereocenters. The first-order chi connectivity index (χ1) is 17.0. The second kappa shape index (κ2) is 10.1. The molecule has 0 saturated carbocycles. The van der Waals surface area contributed by atoms with E-state index in [4.69, 9.17) is 21.1 Å². The molecule has 2 aliphatic rings. The standard InChI is InChI=1S/C27H23ClN2O4S/c1-17(18-10-11-22-23(14-18)34-13-12-33-22)29-26(31)16-30-21-8-4-5-9-24(21)35-25(27(30)32)15-19-6-2-3-7-20(19)28/h2-11,14-15,17H,12-13,16H2,1H3,(H,29,31)/b25-15+/t17-/m0/s1. The minimum absolute atomic E-state index is 0.106. The quantitative estimate of drug-likeness (QED) is 0.465. The third kappa shape index (κ3) is 5.01. The summed E-state index contributed by atoms with van der Waals surface area (Å²) in [7, 11) is 0. The molecule has 8 heteroatoms. The van der Waals surface area contributed by atoms with Crippen LogP contribution < -0.4 is 19.7 Å². The molecule has 178 valence electrons. The van der Waals surface area contributed by atoms with Crippen LogP contribution in [0.25, 0.3) is 6.08 Å². The van der Waals surface area contributed by atoms with E-state index < -0.39 is 0 Å². The molecule has 1 N–H and O–H groups in total. The molecule has 0 bridgehead atoms. The number of carbonyl (C=O) groups is 2. The highest BCUT2D eigenvalue weighted by Gasteiger charge is 2.31. The van der Waals surface area contributed by atoms with Gasteiger partial charge in [-0.15, -0.1) is 0 Å². The monoisotopic (exact) mass is 506 g/mol. The first kappa shape index (κ1) is 23.3. The van der Waals surface area contributed by atoms with Crippen LogP contribution in [0.4, 0.5) is 5.69 Å². The van der Waals surface area contributed by atoms with Crippen LogP contribution >= 0.6 is 23.4 Å². The number of nitrogens with one attached hydrogen (secondary N) is 1. The highest BCUT2D eigenvalue weighted by Crippen LogP contribution is 2.42. The third-order valence-electron chi connectivity index (χ3n) is 5.77. The van der Waals surface area contributed by atoms with Crippen molar-refractivity contribution in [3.63, 3.8) is 0 Å². The van der Waals surface area contributed by atoms with Crippen molar-refractivity contribution in [3.8, 4) is 11.5 Å². The van der Waals surface area contributed by atoms with Gasteiger partial charge in [0.2, 0.25) is 5.91 Å². The van der Waals surface area contributed by atoms with Gasteiger partial charge in [0.05, 0.1) is 16.6 Å². The van der Waals surface area contributed by atoms with Crippen molar-refractivity contribution >= 4 is 46.9 Å². The van der Waals surface area contributed by atoms with E-state index in [0.29, 0.717) is 40.3 Å². The SMILES string of the molecule is C[C@H](NC(=O)CN1C(=O)/C(=C\c2ccccc2Cl)Sc2ccccc21)c1ccc2c(c1)OCCO2. The van der Waals surface area contributed by atoms with Gasteiger partial charge in [-0.1, -0.05) is 59.8 Å². The summed E-state index contributed by atoms with van der Waals surface area (Å²) in [6.07, 6.45) is 1.77. The Bertz CT molecular complexity index is 1330. The van der Waals surface area contributed by atoms with Gasteiger partial charge in [0.15, 0.2) is 11.5 Å². The van der Waals surface area contributed by atoms with Crippen molar-refractivity contribution in [2.45, 2.75) is 17.9 Å². The van der Waals surface area contributed by atoms with E-state index in [1.54, 1.807) is 12.1 Å². The zero-order valence-corrected chi connectivity index (χ0v) is 20.6. The molecule has 0 spiro atoms. The number of halogens is 1. The van der Waals surface area contributed by atoms with Gasteiger partial charge in [0.1, 0.15) is 19.8 Å². The predicted molar refractivity (Wildman–Crippen MR) is 138 cm³/mol. The summed E-state index contributed by atoms with van der Waals surface area (Å²) in [5.41, 5.74) is 2.35. The maximum atomic E-state index is 13.4. The molecule has 35 heavy (non-hydrogen) atoms. The van der Waals surface area contributed by atoms with E-state index in [9.17, 15) is 9.59 Å². The van der Waals surface area contributed by atoms with Crippen molar-refractivity contribution in [2.24, 2.45) is 0 Å². The summed E-state index contributed by atoms with van der Waals surface area (Å²) in [4.78, 5) is 29.4. The van der Waals surface area contributed by atoms with Crippen molar-refractivity contribution in [1.82, 2.24) is 5.32 Å². The second-order valence-corrected chi connectivity index (χ2v) is 9.67. The first-order valence-corrected chi connectivity index (χ1v) is 12.4. The minimum Gasteiger partial charge on any atom is -0.486 e. The number of carbonyl (C=O) groups excluding carboxylic acids is 2. The smallest absolute Gasteiger partial charge is 0.265 e. The molecular formula is C27H23ClN2O4S. The van der Waals surface area contributed by atoms with Crippen LogP contribution in [0.5, 0.6) is 11.5 Å². The molecule has 5 rings (SSSR count). The van der Waals surface area contributed by atoms with E-state index in [1.165, 1.54) is 16.7 Å². The number of hydrogen-bond acceptors (Lipinski definition) is 5. The lowest BCUT2D eigenvalue weighted by molar-refractivity contribution is -0.122. The van der Waals surface area contributed by atoms with Crippen LogP contribution in [-0.4, -0.2) is 31.6 Å². The number of thioether (sulfide) groups is 1. The predicted octanol–water partition coefficient (Wildman–Crippen LogP) is 5.47. The minimum atomic E-state index is -0.277. The first-order valence-electron chi connectivity index (χ1n) is 11.2. The molecule has 0 aliphatic carbocycles. The lowest BCUT2D eigenvalue weighted by Crippen LogP contribution is -2.43. The molecule has 3 aromatic carbocycles. The van der Waals surface area contributed by atoms with Crippen LogP contribution in [0, 0.1) is 0 Å². The second-order valence-electron chi connectivity index (χ2n) is 8.18. The van der Waals surface area contributed by atoms with Gasteiger partial charge in [0.25, 0.3) is 5.91 Å². The molecular weight excluding hydrogens is 484 g/mol. The zero-order valence-electron chi connectivity index (χ0n) is 19.0. The topological polar surface area (TPSA) is 67.9 Å². The third-order valence-corrected chi connectivity index (χ3v) is 7.19. The summed E-state index contributed by atoms with van der Waals surface area (Å²) in [5.74, 6) is 0.862. The highest BCUT2D eigenvalue weighted by molar-refractivity contribution is 8.04. The number of para-hydroxylation sites is 1. The number of amides is 2. The molecule has 0 radical (unpaired) electrons. The van der Waals surface area contributed by atoms with Gasteiger partial charge < -0.3 is 14.8 Å². The molecule has 2 aliphatic heterocycles. The summed E-state index contributed by atoms with van der Waals surface area (Å²) in [5, 5.41) is 3.56. The Morgan fingerprint density at radius 3 is 2.66 bits per heavy atom. The fraction of sp³-hybridized carbons (Fsp3) is 0.185. The summed E-state index contributed by atoms with van der Waals surface area (Å²) in [6, 6.07) is 20.3. The van der Waals surface area contributed by atoms with Crippen molar-refractivity contribution in [3.05, 3.63) is 87.8 Å². The molecule has 0 fully saturated rings. The zero-order chi connectivity index (χ0) is 24.4. The lowest BCUT2D eigenvalue weighted by Gasteiger charge is -2.30. The number of hydrogen-bond donors (Lipinski definition) is 1. The van der Waals surface area contributed by atoms with Crippen LogP contribution in [0.2, 0.25) is 5.02 Å². The summed E-state index contributed by atoms with van der Waals surface area (Å²) >= 11 is 7.69. The number of nitrogens with zero attached hydrogens (tertiary/aromatic N) is 1. The van der Waals surface area contributed by atoms with Gasteiger partial charge in [-0.25, -0.2) is 0 Å². The van der Waals surface area contributed by atoms with Gasteiger partial charge in [-0.3, -0.25) is 14.5 Å². The molecule has 0 unspecified atom stereocenters. The van der Waals surface area contributed by atoms with Crippen LogP contribution in [0.3, 0.4) is 0 Å². The average molecular weight is 507 g/mol. The van der Waals surface area contributed by atoms with Crippen LogP contribution in [-0.2, 0) is 9.59 Å². The van der Waals surface area contributed by atoms with E-state index in [-0.39, 0.29) is 24.4 Å². The molecule has 2 heterocycles. The van der Waals surface area contributed by atoms with E-state index >= 15 is 0 Å². The lowest BCUT2D eigenvalue weighted by atomic mass is 10.1. The van der Waals surface area contributed by atoms with Gasteiger partial charge in [-0.2, -0.15) is 0 Å². The van der Waals surface area contributed by atoms with E-state index in [0.717, 1.165) is 16.0 Å². The highest BCUT2D eigenvalue weighted by atomic mass is 35.5. The van der Waals surface area contributed by atoms with Gasteiger partial charge in [-0.05, 0) is 54.5 Å². The summed E-state index contributed by atoms with van der Waals surface area (Å²) in [6.45, 7) is 2.81. The number of fused-ring (bicyclic) bond motifs is 2. The Kier molecular flexibility index (Phi) is 6.70. The Hall–Kier alpha value is -3.42. The van der Waals surface area contributed by atoms with E-state index in [2.05, 4.69) is 5.32 Å². The number of rotatable bonds is 5.